The van der Waals surface area contributed by atoms with Crippen LogP contribution >= 0.6 is 0 Å². The Morgan fingerprint density at radius 1 is 1.23 bits per heavy atom. The lowest BCUT2D eigenvalue weighted by atomic mass is 10.00. The van der Waals surface area contributed by atoms with E-state index < -0.39 is 0 Å². The summed E-state index contributed by atoms with van der Waals surface area (Å²) in [6, 6.07) is 8.07. The second-order valence-corrected chi connectivity index (χ2v) is 3.57. The lowest BCUT2D eigenvalue weighted by Gasteiger charge is -2.08. The van der Waals surface area contributed by atoms with Crippen molar-refractivity contribution in [3.8, 4) is 0 Å². The summed E-state index contributed by atoms with van der Waals surface area (Å²) in [4.78, 5) is 10.6. The zero-order valence-electron chi connectivity index (χ0n) is 7.57. The molecule has 2 heteroatoms. The Morgan fingerprint density at radius 3 is 2.92 bits per heavy atom. The zero-order valence-corrected chi connectivity index (χ0v) is 7.57. The van der Waals surface area contributed by atoms with Gasteiger partial charge in [0, 0.05) is 0 Å². The molecule has 0 radical (unpaired) electrons. The number of hydrogen-bond acceptors (Lipinski definition) is 2. The van der Waals surface area contributed by atoms with E-state index in [2.05, 4.69) is 11.2 Å². The highest BCUT2D eigenvalue weighted by atomic mass is 16.3. The number of aryl methyl sites for hydroxylation is 1. The van der Waals surface area contributed by atoms with Gasteiger partial charge in [0.2, 0.25) is 0 Å². The first-order chi connectivity index (χ1) is 6.42. The molecule has 1 unspecified atom stereocenters. The quantitative estimate of drug-likeness (QED) is 0.476. The highest BCUT2D eigenvalue weighted by Crippen LogP contribution is 2.30. The van der Waals surface area contributed by atoms with E-state index in [-0.39, 0.29) is 6.04 Å². The lowest BCUT2D eigenvalue weighted by Crippen LogP contribution is -1.95. The van der Waals surface area contributed by atoms with Gasteiger partial charge in [0.05, 0.1) is 0 Å². The summed E-state index contributed by atoms with van der Waals surface area (Å²) in [5.41, 5.74) is 2.46. The molecule has 2 rings (SSSR count). The third-order valence-electron chi connectivity index (χ3n) is 2.72. The van der Waals surface area contributed by atoms with Crippen molar-refractivity contribution >= 4 is 0 Å². The van der Waals surface area contributed by atoms with Gasteiger partial charge in [-0.1, -0.05) is 35.9 Å². The molecule has 0 spiro atoms. The van der Waals surface area contributed by atoms with Crippen molar-refractivity contribution in [1.82, 2.24) is 0 Å². The topological polar surface area (TPSA) is 29.4 Å². The van der Waals surface area contributed by atoms with Crippen molar-refractivity contribution in [2.75, 3.05) is 0 Å². The molecule has 0 fully saturated rings. The van der Waals surface area contributed by atoms with Crippen LogP contribution in [-0.2, 0) is 6.42 Å². The van der Waals surface area contributed by atoms with Crippen LogP contribution in [0.15, 0.2) is 29.4 Å². The van der Waals surface area contributed by atoms with E-state index in [1.54, 1.807) is 0 Å². The Kier molecular flexibility index (Phi) is 2.39. The summed E-state index contributed by atoms with van der Waals surface area (Å²) in [5.74, 6) is 0. The second kappa shape index (κ2) is 3.69. The van der Waals surface area contributed by atoms with E-state index in [4.69, 9.17) is 0 Å². The molecular weight excluding hydrogens is 162 g/mol. The molecule has 1 atom stereocenters. The summed E-state index contributed by atoms with van der Waals surface area (Å²) >= 11 is 0. The van der Waals surface area contributed by atoms with Crippen LogP contribution in [0.2, 0.25) is 0 Å². The highest BCUT2D eigenvalue weighted by Gasteiger charge is 2.17. The molecule has 0 aliphatic heterocycles. The van der Waals surface area contributed by atoms with Crippen LogP contribution in [0, 0.1) is 4.91 Å². The van der Waals surface area contributed by atoms with Crippen LogP contribution in [0.5, 0.6) is 0 Å². The number of fused-ring (bicyclic) bond motifs is 1. The van der Waals surface area contributed by atoms with Gasteiger partial charge in [-0.05, 0) is 30.4 Å². The average Bonchev–Trinajstić information content (AvgIpc) is 2.39. The third-order valence-corrected chi connectivity index (χ3v) is 2.72. The zero-order chi connectivity index (χ0) is 9.10. The van der Waals surface area contributed by atoms with Crippen molar-refractivity contribution in [2.24, 2.45) is 5.18 Å². The molecule has 0 heterocycles. The van der Waals surface area contributed by atoms with Gasteiger partial charge in [-0.3, -0.25) is 0 Å². The van der Waals surface area contributed by atoms with Gasteiger partial charge in [0.25, 0.3) is 0 Å². The summed E-state index contributed by atoms with van der Waals surface area (Å²) in [6.45, 7) is 0. The van der Waals surface area contributed by atoms with Crippen LogP contribution in [0.1, 0.15) is 36.4 Å². The molecule has 0 saturated carbocycles. The van der Waals surface area contributed by atoms with E-state index in [0.29, 0.717) is 0 Å². The second-order valence-electron chi connectivity index (χ2n) is 3.57. The molecule has 1 aliphatic rings. The largest absolute Gasteiger partial charge is 0.150 e. The summed E-state index contributed by atoms with van der Waals surface area (Å²) < 4.78 is 0. The van der Waals surface area contributed by atoms with E-state index in [1.165, 1.54) is 12.0 Å². The van der Waals surface area contributed by atoms with Gasteiger partial charge in [-0.25, -0.2) is 0 Å². The summed E-state index contributed by atoms with van der Waals surface area (Å²) in [7, 11) is 0. The SMILES string of the molecule is O=NC1CCCCc2ccccc21. The number of benzene rings is 1. The minimum Gasteiger partial charge on any atom is -0.150 e. The van der Waals surface area contributed by atoms with Crippen LogP contribution in [-0.4, -0.2) is 0 Å². The predicted octanol–water partition coefficient (Wildman–Crippen LogP) is 3.22. The minimum atomic E-state index is -0.0984. The Morgan fingerprint density at radius 2 is 2.08 bits per heavy atom. The normalized spacial score (nSPS) is 21.7. The minimum absolute atomic E-state index is 0.0984. The van der Waals surface area contributed by atoms with Gasteiger partial charge in [0.15, 0.2) is 0 Å². The Hall–Kier alpha value is -1.18. The molecule has 13 heavy (non-hydrogen) atoms. The van der Waals surface area contributed by atoms with Crippen molar-refractivity contribution in [3.63, 3.8) is 0 Å². The molecular formula is C11H13NO. The Labute approximate surface area is 77.9 Å². The Bertz CT molecular complexity index is 309. The average molecular weight is 175 g/mol. The van der Waals surface area contributed by atoms with Gasteiger partial charge >= 0.3 is 0 Å². The Balaban J connectivity index is 2.41. The van der Waals surface area contributed by atoms with Crippen molar-refractivity contribution in [1.29, 1.82) is 0 Å². The van der Waals surface area contributed by atoms with Gasteiger partial charge in [-0.15, -0.1) is 0 Å². The lowest BCUT2D eigenvalue weighted by molar-refractivity contribution is 0.613. The van der Waals surface area contributed by atoms with E-state index >= 15 is 0 Å². The fourth-order valence-electron chi connectivity index (χ4n) is 2.01. The van der Waals surface area contributed by atoms with Gasteiger partial charge < -0.3 is 0 Å². The van der Waals surface area contributed by atoms with Crippen LogP contribution in [0.4, 0.5) is 0 Å². The predicted molar refractivity (Wildman–Crippen MR) is 52.5 cm³/mol. The fourth-order valence-corrected chi connectivity index (χ4v) is 2.01. The molecule has 0 saturated heterocycles. The monoisotopic (exact) mass is 175 g/mol. The summed E-state index contributed by atoms with van der Waals surface area (Å²) in [5, 5.41) is 3.20. The smallest absolute Gasteiger partial charge is 0.117 e. The van der Waals surface area contributed by atoms with Gasteiger partial charge in [0.1, 0.15) is 6.04 Å². The first-order valence-electron chi connectivity index (χ1n) is 4.82. The molecule has 2 nitrogen and oxygen atoms in total. The maximum Gasteiger partial charge on any atom is 0.117 e. The third kappa shape index (κ3) is 1.62. The van der Waals surface area contributed by atoms with Crippen molar-refractivity contribution < 1.29 is 0 Å². The summed E-state index contributed by atoms with van der Waals surface area (Å²) in [6.07, 6.45) is 4.32. The molecule has 0 amide bonds. The standard InChI is InChI=1S/C11H13NO/c13-12-11-8-4-2-6-9-5-1-3-7-10(9)11/h1,3,5,7,11H,2,4,6,8H2. The molecule has 0 N–H and O–H groups in total. The molecule has 1 aromatic carbocycles. The first-order valence-corrected chi connectivity index (χ1v) is 4.82. The first kappa shape index (κ1) is 8.42. The maximum atomic E-state index is 10.6. The molecule has 0 aromatic heterocycles. The van der Waals surface area contributed by atoms with E-state index in [0.717, 1.165) is 24.8 Å². The number of rotatable bonds is 1. The van der Waals surface area contributed by atoms with E-state index in [1.807, 2.05) is 18.2 Å². The molecule has 68 valence electrons. The fraction of sp³-hybridized carbons (Fsp3) is 0.455. The molecule has 0 bridgehead atoms. The van der Waals surface area contributed by atoms with Crippen molar-refractivity contribution in [2.45, 2.75) is 31.7 Å². The van der Waals surface area contributed by atoms with Crippen LogP contribution in [0.3, 0.4) is 0 Å². The highest BCUT2D eigenvalue weighted by molar-refractivity contribution is 5.31. The van der Waals surface area contributed by atoms with E-state index in [9.17, 15) is 4.91 Å². The maximum absolute atomic E-state index is 10.6. The molecule has 1 aliphatic carbocycles. The van der Waals surface area contributed by atoms with Crippen molar-refractivity contribution in [3.05, 3.63) is 40.3 Å². The number of hydrogen-bond donors (Lipinski definition) is 0. The van der Waals surface area contributed by atoms with Gasteiger partial charge in [-0.2, -0.15) is 4.91 Å². The number of nitroso groups, excluding NO2 is 1. The number of nitrogens with zero attached hydrogens (tertiary/aromatic N) is 1. The van der Waals surface area contributed by atoms with Crippen LogP contribution < -0.4 is 0 Å². The molecule has 1 aromatic rings. The van der Waals surface area contributed by atoms with Crippen LogP contribution in [0.25, 0.3) is 0 Å².